The molecule has 0 heterocycles. The van der Waals surface area contributed by atoms with E-state index >= 15 is 0 Å². The first-order valence-electron chi connectivity index (χ1n) is 5.78. The van der Waals surface area contributed by atoms with Crippen molar-refractivity contribution in [2.75, 3.05) is 13.7 Å². The van der Waals surface area contributed by atoms with Gasteiger partial charge in [0.1, 0.15) is 0 Å². The Morgan fingerprint density at radius 1 is 1.39 bits per heavy atom. The first kappa shape index (κ1) is 14.1. The summed E-state index contributed by atoms with van der Waals surface area (Å²) in [5.41, 5.74) is 1.83. The molecule has 1 N–H and O–H groups in total. The van der Waals surface area contributed by atoms with Gasteiger partial charge in [0, 0.05) is 0 Å². The van der Waals surface area contributed by atoms with E-state index in [-0.39, 0.29) is 6.42 Å². The molecule has 0 aliphatic carbocycles. The third kappa shape index (κ3) is 3.80. The minimum atomic E-state index is -0.841. The number of benzene rings is 1. The van der Waals surface area contributed by atoms with Crippen LogP contribution in [-0.4, -0.2) is 24.8 Å². The van der Waals surface area contributed by atoms with Crippen LogP contribution >= 0.6 is 0 Å². The van der Waals surface area contributed by atoms with Crippen molar-refractivity contribution in [3.05, 3.63) is 29.8 Å². The highest BCUT2D eigenvalue weighted by Gasteiger charge is 2.06. The summed E-state index contributed by atoms with van der Waals surface area (Å²) in [6, 6.07) is 5.57. The molecule has 98 valence electrons. The Morgan fingerprint density at radius 2 is 2.11 bits per heavy atom. The van der Waals surface area contributed by atoms with Crippen molar-refractivity contribution in [2.45, 2.75) is 20.3 Å². The van der Waals surface area contributed by atoms with E-state index in [4.69, 9.17) is 14.6 Å². The lowest BCUT2D eigenvalue weighted by Gasteiger charge is -2.11. The molecule has 0 fully saturated rings. The number of aliphatic carboxylic acids is 1. The van der Waals surface area contributed by atoms with Gasteiger partial charge in [-0.3, -0.25) is 4.79 Å². The second-order valence-electron chi connectivity index (χ2n) is 3.78. The molecule has 0 saturated carbocycles. The number of hydrogen-bond donors (Lipinski definition) is 1. The average molecular weight is 250 g/mol. The Morgan fingerprint density at radius 3 is 2.67 bits per heavy atom. The van der Waals surface area contributed by atoms with E-state index in [9.17, 15) is 4.79 Å². The fourth-order valence-corrected chi connectivity index (χ4v) is 1.55. The Balaban J connectivity index is 2.97. The Hall–Kier alpha value is -1.97. The van der Waals surface area contributed by atoms with Crippen molar-refractivity contribution in [3.63, 3.8) is 0 Å². The van der Waals surface area contributed by atoms with Gasteiger partial charge in [0.15, 0.2) is 11.5 Å². The van der Waals surface area contributed by atoms with Crippen molar-refractivity contribution < 1.29 is 19.4 Å². The van der Waals surface area contributed by atoms with Crippen LogP contribution in [0.4, 0.5) is 0 Å². The molecule has 1 aromatic carbocycles. The van der Waals surface area contributed by atoms with Gasteiger partial charge in [-0.15, -0.1) is 0 Å². The lowest BCUT2D eigenvalue weighted by Crippen LogP contribution is -1.96. The highest BCUT2D eigenvalue weighted by Crippen LogP contribution is 2.30. The summed E-state index contributed by atoms with van der Waals surface area (Å²) in [7, 11) is 1.58. The van der Waals surface area contributed by atoms with Crippen LogP contribution in [0.15, 0.2) is 24.3 Å². The number of carboxylic acids is 1. The molecule has 4 heteroatoms. The number of carbonyl (C=O) groups is 1. The van der Waals surface area contributed by atoms with E-state index < -0.39 is 5.97 Å². The molecular formula is C14H18O4. The van der Waals surface area contributed by atoms with Gasteiger partial charge in [0.25, 0.3) is 0 Å². The van der Waals surface area contributed by atoms with Crippen LogP contribution in [0.1, 0.15) is 25.8 Å². The summed E-state index contributed by atoms with van der Waals surface area (Å²) in [6.45, 7) is 4.35. The molecule has 0 aliphatic heterocycles. The predicted octanol–water partition coefficient (Wildman–Crippen LogP) is 2.97. The van der Waals surface area contributed by atoms with Crippen molar-refractivity contribution >= 4 is 11.5 Å². The van der Waals surface area contributed by atoms with Gasteiger partial charge < -0.3 is 14.6 Å². The number of methoxy groups -OCH3 is 1. The third-order valence-corrected chi connectivity index (χ3v) is 2.50. The molecule has 0 spiro atoms. The van der Waals surface area contributed by atoms with E-state index in [0.29, 0.717) is 18.1 Å². The summed E-state index contributed by atoms with van der Waals surface area (Å²) in [4.78, 5) is 10.5. The number of hydrogen-bond acceptors (Lipinski definition) is 3. The third-order valence-electron chi connectivity index (χ3n) is 2.50. The topological polar surface area (TPSA) is 55.8 Å². The molecular weight excluding hydrogens is 232 g/mol. The molecule has 1 aromatic rings. The van der Waals surface area contributed by atoms with E-state index in [1.54, 1.807) is 13.2 Å². The number of carboxylic acid groups (broad SMARTS) is 1. The summed E-state index contributed by atoms with van der Waals surface area (Å²) >= 11 is 0. The number of allylic oxidation sites excluding steroid dienone is 1. The predicted molar refractivity (Wildman–Crippen MR) is 70.1 cm³/mol. The second-order valence-corrected chi connectivity index (χ2v) is 3.78. The van der Waals surface area contributed by atoms with Crippen LogP contribution in [0.5, 0.6) is 11.5 Å². The van der Waals surface area contributed by atoms with E-state index in [1.807, 2.05) is 32.0 Å². The zero-order valence-corrected chi connectivity index (χ0v) is 10.9. The molecule has 18 heavy (non-hydrogen) atoms. The summed E-state index contributed by atoms with van der Waals surface area (Å²) in [6.07, 6.45) is 1.69. The lowest BCUT2D eigenvalue weighted by atomic mass is 10.1. The normalized spacial score (nSPS) is 11.2. The zero-order valence-electron chi connectivity index (χ0n) is 10.9. The maximum absolute atomic E-state index is 10.5. The highest BCUT2D eigenvalue weighted by atomic mass is 16.5. The first-order valence-corrected chi connectivity index (χ1v) is 5.78. The van der Waals surface area contributed by atoms with Crippen LogP contribution in [-0.2, 0) is 4.79 Å². The van der Waals surface area contributed by atoms with Gasteiger partial charge in [-0.1, -0.05) is 12.1 Å². The highest BCUT2D eigenvalue weighted by molar-refractivity contribution is 5.74. The minimum absolute atomic E-state index is 0.0152. The van der Waals surface area contributed by atoms with Crippen LogP contribution in [0.25, 0.3) is 5.57 Å². The van der Waals surface area contributed by atoms with Crippen molar-refractivity contribution in [1.82, 2.24) is 0 Å². The van der Waals surface area contributed by atoms with Crippen molar-refractivity contribution in [2.24, 2.45) is 0 Å². The number of rotatable bonds is 6. The van der Waals surface area contributed by atoms with Gasteiger partial charge in [-0.2, -0.15) is 0 Å². The molecule has 0 bridgehead atoms. The van der Waals surface area contributed by atoms with Crippen LogP contribution in [0.2, 0.25) is 0 Å². The van der Waals surface area contributed by atoms with Crippen molar-refractivity contribution in [1.29, 1.82) is 0 Å². The fourth-order valence-electron chi connectivity index (χ4n) is 1.55. The summed E-state index contributed by atoms with van der Waals surface area (Å²) in [5, 5.41) is 8.63. The molecule has 1 rings (SSSR count). The smallest absolute Gasteiger partial charge is 0.307 e. The molecule has 0 amide bonds. The maximum Gasteiger partial charge on any atom is 0.307 e. The Labute approximate surface area is 107 Å². The Kier molecular flexibility index (Phi) is 5.24. The number of ether oxygens (including phenoxy) is 2. The standard InChI is InChI=1S/C14H18O4/c1-4-18-12-7-6-11(9-13(12)17-3)10(2)5-8-14(15)16/h5-7,9H,4,8H2,1-3H3,(H,15,16)/b10-5+. The fraction of sp³-hybridized carbons (Fsp3) is 0.357. The van der Waals surface area contributed by atoms with Crippen LogP contribution < -0.4 is 9.47 Å². The van der Waals surface area contributed by atoms with Crippen molar-refractivity contribution in [3.8, 4) is 11.5 Å². The molecule has 0 atom stereocenters. The monoisotopic (exact) mass is 250 g/mol. The quantitative estimate of drug-likeness (QED) is 0.843. The molecule has 4 nitrogen and oxygen atoms in total. The van der Waals surface area contributed by atoms with E-state index in [2.05, 4.69) is 0 Å². The van der Waals surface area contributed by atoms with Crippen LogP contribution in [0, 0.1) is 0 Å². The maximum atomic E-state index is 10.5. The molecule has 0 aliphatic rings. The first-order chi connectivity index (χ1) is 8.58. The summed E-state index contributed by atoms with van der Waals surface area (Å²) < 4.78 is 10.7. The second kappa shape index (κ2) is 6.69. The molecule has 0 saturated heterocycles. The van der Waals surface area contributed by atoms with Gasteiger partial charge in [0.2, 0.25) is 0 Å². The zero-order chi connectivity index (χ0) is 13.5. The van der Waals surface area contributed by atoms with Gasteiger partial charge in [-0.25, -0.2) is 0 Å². The Bertz CT molecular complexity index is 449. The SMILES string of the molecule is CCOc1ccc(/C(C)=C/CC(=O)O)cc1OC. The minimum Gasteiger partial charge on any atom is -0.493 e. The van der Waals surface area contributed by atoms with E-state index in [1.165, 1.54) is 0 Å². The summed E-state index contributed by atoms with van der Waals surface area (Å²) in [5.74, 6) is 0.500. The molecule has 0 unspecified atom stereocenters. The van der Waals surface area contributed by atoms with Gasteiger partial charge in [-0.05, 0) is 37.1 Å². The van der Waals surface area contributed by atoms with Crippen LogP contribution in [0.3, 0.4) is 0 Å². The average Bonchev–Trinajstić information content (AvgIpc) is 2.36. The lowest BCUT2D eigenvalue weighted by molar-refractivity contribution is -0.135. The van der Waals surface area contributed by atoms with Gasteiger partial charge >= 0.3 is 5.97 Å². The largest absolute Gasteiger partial charge is 0.493 e. The van der Waals surface area contributed by atoms with E-state index in [0.717, 1.165) is 11.1 Å². The van der Waals surface area contributed by atoms with Gasteiger partial charge in [0.05, 0.1) is 20.1 Å². The molecule has 0 aromatic heterocycles. The molecule has 0 radical (unpaired) electrons.